The van der Waals surface area contributed by atoms with Crippen LogP contribution in [0.1, 0.15) is 67.0 Å². The molecule has 0 aromatic heterocycles. The summed E-state index contributed by atoms with van der Waals surface area (Å²) in [5.74, 6) is 9.78. The second-order valence-corrected chi connectivity index (χ2v) is 17.2. The molecule has 55 heavy (non-hydrogen) atoms. The highest BCUT2D eigenvalue weighted by Crippen LogP contribution is 2.46. The van der Waals surface area contributed by atoms with E-state index in [0.717, 1.165) is 23.6 Å². The van der Waals surface area contributed by atoms with Crippen molar-refractivity contribution in [1.29, 1.82) is 0 Å². The number of nitrogens with one attached hydrogen (secondary N) is 2. The lowest BCUT2D eigenvalue weighted by Crippen LogP contribution is -2.55. The molecule has 1 aliphatic heterocycles. The lowest BCUT2D eigenvalue weighted by atomic mass is 9.78. The van der Waals surface area contributed by atoms with E-state index in [9.17, 15) is 41.0 Å². The molecule has 15 heteroatoms. The summed E-state index contributed by atoms with van der Waals surface area (Å²) in [5, 5.41) is 18.7. The summed E-state index contributed by atoms with van der Waals surface area (Å²) >= 11 is 0. The molecule has 1 saturated heterocycles. The highest BCUT2D eigenvalue weighted by Gasteiger charge is 2.48. The maximum Gasteiger partial charge on any atom is 0.303 e. The highest BCUT2D eigenvalue weighted by molar-refractivity contribution is 7.89. The van der Waals surface area contributed by atoms with Gasteiger partial charge in [-0.25, -0.2) is 30.7 Å². The molecule has 4 rings (SSSR count). The van der Waals surface area contributed by atoms with E-state index in [-0.39, 0.29) is 50.6 Å². The van der Waals surface area contributed by atoms with Gasteiger partial charge in [0.05, 0.1) is 24.5 Å². The number of halogens is 1. The van der Waals surface area contributed by atoms with Crippen LogP contribution in [-0.2, 0) is 34.4 Å². The molecule has 0 spiro atoms. The summed E-state index contributed by atoms with van der Waals surface area (Å²) in [4.78, 5) is 27.5. The molecule has 3 aromatic rings. The Morgan fingerprint density at radius 1 is 0.818 bits per heavy atom. The molecule has 1 amide bonds. The number of nitrogens with zero attached hydrogens (tertiary/aromatic N) is 1. The number of carbonyl (C=O) groups excluding carboxylic acids is 2. The molecule has 0 saturated carbocycles. The minimum atomic E-state index is -3.49. The van der Waals surface area contributed by atoms with E-state index in [4.69, 9.17) is 4.74 Å². The standard InChI is InChI=1S/C40H46FN3O9S2/c1-28(47)53-38(33-16-18-35(41)19-17-33)23-22-37-39(34-14-10-29(11-15-34)7-5-9-32(26-45)27-46)44(40(37)48)36-20-12-30(13-21-36)6-4-8-31(24-42-54(2,49)50)25-43-55(3,51)52/h10-21,31-32,37-39,42-43,45-46H,8-9,22-27H2,1-3H3/t37?,38-,39?/m0/s1. The lowest BCUT2D eigenvalue weighted by Gasteiger charge is -2.48. The molecule has 12 nitrogen and oxygen atoms in total. The molecular weight excluding hydrogens is 750 g/mol. The predicted octanol–water partition coefficient (Wildman–Crippen LogP) is 3.41. The molecular formula is C40H46FN3O9S2. The number of benzene rings is 3. The molecule has 3 atom stereocenters. The first kappa shape index (κ1) is 43.1. The van der Waals surface area contributed by atoms with Gasteiger partial charge in [0, 0.05) is 68.8 Å². The number of carbonyl (C=O) groups is 2. The molecule has 1 heterocycles. The van der Waals surface area contributed by atoms with Crippen LogP contribution in [0.15, 0.2) is 72.8 Å². The molecule has 4 N–H and O–H groups in total. The van der Waals surface area contributed by atoms with Crippen molar-refractivity contribution in [1.82, 2.24) is 9.44 Å². The predicted molar refractivity (Wildman–Crippen MR) is 207 cm³/mol. The van der Waals surface area contributed by atoms with Crippen LogP contribution in [0.3, 0.4) is 0 Å². The summed E-state index contributed by atoms with van der Waals surface area (Å²) in [7, 11) is -6.99. The van der Waals surface area contributed by atoms with Crippen LogP contribution < -0.4 is 14.3 Å². The van der Waals surface area contributed by atoms with Gasteiger partial charge in [0.2, 0.25) is 26.0 Å². The van der Waals surface area contributed by atoms with Crippen LogP contribution in [0.5, 0.6) is 0 Å². The summed E-state index contributed by atoms with van der Waals surface area (Å²) in [5.41, 5.74) is 3.45. The zero-order valence-corrected chi connectivity index (χ0v) is 32.5. The SMILES string of the molecule is CC(=O)O[C@@H](CCC1C(=O)N(c2ccc(C#CCC(CNS(C)(=O)=O)CNS(C)(=O)=O)cc2)C1c1ccc(C#CCC(CO)CO)cc1)c1ccc(F)cc1. The van der Waals surface area contributed by atoms with Gasteiger partial charge in [-0.15, -0.1) is 0 Å². The fourth-order valence-electron chi connectivity index (χ4n) is 6.01. The molecule has 0 aliphatic carbocycles. The minimum Gasteiger partial charge on any atom is -0.458 e. The van der Waals surface area contributed by atoms with Gasteiger partial charge in [0.15, 0.2) is 0 Å². The first-order chi connectivity index (χ1) is 26.1. The van der Waals surface area contributed by atoms with E-state index in [1.54, 1.807) is 41.3 Å². The number of rotatable bonds is 17. The van der Waals surface area contributed by atoms with Crippen LogP contribution in [0.2, 0.25) is 0 Å². The quantitative estimate of drug-likeness (QED) is 0.0906. The van der Waals surface area contributed by atoms with Crippen molar-refractivity contribution in [2.75, 3.05) is 43.7 Å². The number of aliphatic hydroxyl groups excluding tert-OH is 2. The Labute approximate surface area is 322 Å². The zero-order chi connectivity index (χ0) is 40.2. The molecule has 1 fully saturated rings. The molecule has 3 aromatic carbocycles. The third kappa shape index (κ3) is 13.6. The monoisotopic (exact) mass is 795 g/mol. The van der Waals surface area contributed by atoms with Gasteiger partial charge in [0.25, 0.3) is 0 Å². The molecule has 2 unspecified atom stereocenters. The van der Waals surface area contributed by atoms with Crippen molar-refractivity contribution >= 4 is 37.6 Å². The van der Waals surface area contributed by atoms with Crippen molar-refractivity contribution in [3.05, 3.63) is 101 Å². The zero-order valence-electron chi connectivity index (χ0n) is 30.9. The normalized spacial score (nSPS) is 16.1. The number of β-lactam (4-membered cyclic amide) rings is 1. The smallest absolute Gasteiger partial charge is 0.303 e. The molecule has 0 radical (unpaired) electrons. The molecule has 1 aliphatic rings. The Kier molecular flexibility index (Phi) is 15.5. The first-order valence-electron chi connectivity index (χ1n) is 17.6. The van der Waals surface area contributed by atoms with E-state index < -0.39 is 49.8 Å². The number of esters is 1. The number of hydrogen-bond donors (Lipinski definition) is 4. The Bertz CT molecular complexity index is 2080. The molecule has 294 valence electrons. The number of anilines is 1. The minimum absolute atomic E-state index is 0.00156. The van der Waals surface area contributed by atoms with Crippen molar-refractivity contribution in [3.63, 3.8) is 0 Å². The Morgan fingerprint density at radius 3 is 1.82 bits per heavy atom. The first-order valence-corrected chi connectivity index (χ1v) is 21.4. The van der Waals surface area contributed by atoms with Gasteiger partial charge in [0.1, 0.15) is 11.9 Å². The van der Waals surface area contributed by atoms with Gasteiger partial charge in [-0.3, -0.25) is 9.59 Å². The van der Waals surface area contributed by atoms with Crippen molar-refractivity contribution < 1.29 is 45.8 Å². The fraction of sp³-hybridized carbons (Fsp3) is 0.400. The van der Waals surface area contributed by atoms with Gasteiger partial charge in [-0.05, 0) is 78.4 Å². The number of ether oxygens (including phenoxy) is 1. The second kappa shape index (κ2) is 19.8. The van der Waals surface area contributed by atoms with Crippen LogP contribution in [0, 0.1) is 47.3 Å². The third-order valence-electron chi connectivity index (χ3n) is 8.93. The molecule has 0 bridgehead atoms. The average molecular weight is 796 g/mol. The fourth-order valence-corrected chi connectivity index (χ4v) is 7.08. The van der Waals surface area contributed by atoms with Crippen LogP contribution in [0.4, 0.5) is 10.1 Å². The van der Waals surface area contributed by atoms with E-state index >= 15 is 0 Å². The van der Waals surface area contributed by atoms with Crippen LogP contribution >= 0.6 is 0 Å². The third-order valence-corrected chi connectivity index (χ3v) is 10.3. The van der Waals surface area contributed by atoms with Crippen molar-refractivity contribution in [2.24, 2.45) is 17.8 Å². The summed E-state index contributed by atoms with van der Waals surface area (Å²) in [6.07, 6.45) is 2.59. The van der Waals surface area contributed by atoms with Gasteiger partial charge in [-0.2, -0.15) is 0 Å². The van der Waals surface area contributed by atoms with Crippen LogP contribution in [-0.4, -0.2) is 77.7 Å². The van der Waals surface area contributed by atoms with Crippen molar-refractivity contribution in [2.45, 2.75) is 44.8 Å². The van der Waals surface area contributed by atoms with E-state index in [2.05, 4.69) is 33.1 Å². The number of amides is 1. The average Bonchev–Trinajstić information content (AvgIpc) is 3.13. The maximum atomic E-state index is 13.9. The summed E-state index contributed by atoms with van der Waals surface area (Å²) in [6.45, 7) is 0.969. The van der Waals surface area contributed by atoms with E-state index in [1.807, 2.05) is 24.3 Å². The number of aliphatic hydroxyl groups is 2. The number of sulfonamides is 2. The van der Waals surface area contributed by atoms with Gasteiger partial charge >= 0.3 is 5.97 Å². The Morgan fingerprint density at radius 2 is 1.33 bits per heavy atom. The summed E-state index contributed by atoms with van der Waals surface area (Å²) in [6, 6.07) is 19.9. The highest BCUT2D eigenvalue weighted by atomic mass is 32.2. The van der Waals surface area contributed by atoms with E-state index in [0.29, 0.717) is 36.1 Å². The topological polar surface area (TPSA) is 179 Å². The van der Waals surface area contributed by atoms with Crippen LogP contribution in [0.25, 0.3) is 0 Å². The number of hydrogen-bond acceptors (Lipinski definition) is 9. The lowest BCUT2D eigenvalue weighted by molar-refractivity contribution is -0.147. The largest absolute Gasteiger partial charge is 0.458 e. The Hall–Kier alpha value is -4.61. The van der Waals surface area contributed by atoms with Gasteiger partial charge in [-0.1, -0.05) is 47.9 Å². The van der Waals surface area contributed by atoms with Gasteiger partial charge < -0.3 is 19.8 Å². The van der Waals surface area contributed by atoms with E-state index in [1.165, 1.54) is 19.1 Å². The van der Waals surface area contributed by atoms with Crippen molar-refractivity contribution in [3.8, 4) is 23.7 Å². The summed E-state index contributed by atoms with van der Waals surface area (Å²) < 4.78 is 70.5. The Balaban J connectivity index is 1.55. The second-order valence-electron chi connectivity index (χ2n) is 13.5. The maximum absolute atomic E-state index is 13.9.